The summed E-state index contributed by atoms with van der Waals surface area (Å²) in [5.74, 6) is -4.83. The van der Waals surface area contributed by atoms with Gasteiger partial charge in [-0.05, 0) is 49.6 Å². The first-order valence-corrected chi connectivity index (χ1v) is 16.6. The van der Waals surface area contributed by atoms with E-state index in [0.29, 0.717) is 46.3 Å². The van der Waals surface area contributed by atoms with Gasteiger partial charge in [0.2, 0.25) is 0 Å². The molecule has 0 saturated carbocycles. The van der Waals surface area contributed by atoms with Gasteiger partial charge in [0.1, 0.15) is 29.2 Å². The van der Waals surface area contributed by atoms with Crippen LogP contribution in [0.5, 0.6) is 5.75 Å². The second-order valence-electron chi connectivity index (χ2n) is 11.2. The first-order chi connectivity index (χ1) is 22.8. The van der Waals surface area contributed by atoms with E-state index < -0.39 is 33.7 Å². The second-order valence-corrected chi connectivity index (χ2v) is 12.9. The Hall–Kier alpha value is -5.12. The molecule has 0 aliphatic rings. The molecule has 5 aromatic rings. The number of nitrogens with zero attached hydrogens (tertiary/aromatic N) is 5. The molecule has 12 nitrogen and oxygen atoms in total. The van der Waals surface area contributed by atoms with E-state index in [4.69, 9.17) is 20.7 Å². The Balaban J connectivity index is 1.48. The standard InChI is InChI=1S/C32H34F3N7O5S/c1-19(20-8-11-23(33)12-9-20)47-26-15-21(10-13-25(26)40-48(45,46)32(34)35)29-28-30(41(2)39-29)24(17-37-31(28)36)22-16-38-42(18-22)14-6-4-3-5-7-27(43)44/h8-13,15-19,32,40H,3-7,14H2,1-2H3,(H2,36,37)(H,43,44). The molecule has 0 spiro atoms. The maximum absolute atomic E-state index is 13.5. The molecular weight excluding hydrogens is 651 g/mol. The first-order valence-electron chi connectivity index (χ1n) is 15.1. The fourth-order valence-corrected chi connectivity index (χ4v) is 5.88. The van der Waals surface area contributed by atoms with Crippen molar-refractivity contribution in [1.82, 2.24) is 24.5 Å². The molecule has 1 atom stereocenters. The summed E-state index contributed by atoms with van der Waals surface area (Å²) in [5.41, 5.74) is 9.65. The van der Waals surface area contributed by atoms with E-state index in [1.807, 2.05) is 10.9 Å². The molecule has 3 heterocycles. The molecule has 0 amide bonds. The zero-order chi connectivity index (χ0) is 34.6. The summed E-state index contributed by atoms with van der Waals surface area (Å²) in [6.45, 7) is 2.30. The van der Waals surface area contributed by atoms with Crippen LogP contribution in [0.2, 0.25) is 0 Å². The number of fused-ring (bicyclic) bond motifs is 1. The number of nitrogens with two attached hydrogens (primary N) is 1. The molecule has 1 unspecified atom stereocenters. The minimum atomic E-state index is -5.03. The number of hydrogen-bond acceptors (Lipinski definition) is 8. The summed E-state index contributed by atoms with van der Waals surface area (Å²) < 4.78 is 75.7. The number of alkyl halides is 2. The van der Waals surface area contributed by atoms with Gasteiger partial charge < -0.3 is 15.6 Å². The summed E-state index contributed by atoms with van der Waals surface area (Å²) >= 11 is 0. The Kier molecular flexibility index (Phi) is 10.2. The van der Waals surface area contributed by atoms with Crippen molar-refractivity contribution in [2.75, 3.05) is 10.5 Å². The third-order valence-corrected chi connectivity index (χ3v) is 8.72. The third kappa shape index (κ3) is 7.70. The zero-order valence-corrected chi connectivity index (χ0v) is 26.9. The summed E-state index contributed by atoms with van der Waals surface area (Å²) in [6, 6.07) is 9.74. The molecule has 3 aromatic heterocycles. The molecule has 254 valence electrons. The van der Waals surface area contributed by atoms with E-state index in [0.717, 1.165) is 24.8 Å². The minimum absolute atomic E-state index is 0.0701. The SMILES string of the molecule is CC(Oc1cc(-c2nn(C)c3c(-c4cnn(CCCCCCC(=O)O)c4)cnc(N)c23)ccc1NS(=O)(=O)C(F)F)c1ccc(F)cc1. The summed E-state index contributed by atoms with van der Waals surface area (Å²) in [5, 5.41) is 18.5. The van der Waals surface area contributed by atoms with Crippen LogP contribution in [-0.4, -0.2) is 49.8 Å². The largest absolute Gasteiger partial charge is 0.484 e. The number of aliphatic carboxylic acids is 1. The lowest BCUT2D eigenvalue weighted by Crippen LogP contribution is -2.21. The number of anilines is 2. The third-order valence-electron chi connectivity index (χ3n) is 7.75. The smallest absolute Gasteiger partial charge is 0.355 e. The first kappa shape index (κ1) is 34.2. The Bertz CT molecular complexity index is 2030. The highest BCUT2D eigenvalue weighted by atomic mass is 32.2. The number of carboxylic acid groups (broad SMARTS) is 1. The van der Waals surface area contributed by atoms with E-state index in [9.17, 15) is 26.4 Å². The van der Waals surface area contributed by atoms with Crippen molar-refractivity contribution in [3.05, 3.63) is 72.4 Å². The number of hydrogen-bond donors (Lipinski definition) is 3. The molecular formula is C32H34F3N7O5S. The van der Waals surface area contributed by atoms with Gasteiger partial charge in [0.15, 0.2) is 0 Å². The van der Waals surface area contributed by atoms with Gasteiger partial charge in [-0.3, -0.25) is 18.9 Å². The number of carbonyl (C=O) groups is 1. The number of aryl methyl sites for hydroxylation is 2. The molecule has 16 heteroatoms. The molecule has 0 saturated heterocycles. The lowest BCUT2D eigenvalue weighted by atomic mass is 10.0. The number of aromatic nitrogens is 5. The van der Waals surface area contributed by atoms with Crippen molar-refractivity contribution in [2.24, 2.45) is 7.05 Å². The normalized spacial score (nSPS) is 12.5. The predicted octanol–water partition coefficient (Wildman–Crippen LogP) is 6.36. The molecule has 48 heavy (non-hydrogen) atoms. The molecule has 0 aliphatic heterocycles. The highest BCUT2D eigenvalue weighted by Crippen LogP contribution is 2.40. The van der Waals surface area contributed by atoms with Crippen LogP contribution in [-0.2, 0) is 28.4 Å². The average molecular weight is 686 g/mol. The van der Waals surface area contributed by atoms with E-state index in [1.165, 1.54) is 42.5 Å². The fourth-order valence-electron chi connectivity index (χ4n) is 5.32. The molecule has 0 radical (unpaired) electrons. The lowest BCUT2D eigenvalue weighted by molar-refractivity contribution is -0.137. The number of pyridine rings is 1. The van der Waals surface area contributed by atoms with Gasteiger partial charge in [-0.25, -0.2) is 17.8 Å². The number of rotatable bonds is 15. The molecule has 5 rings (SSSR count). The van der Waals surface area contributed by atoms with Gasteiger partial charge in [-0.15, -0.1) is 0 Å². The van der Waals surface area contributed by atoms with Crippen LogP contribution in [0.1, 0.15) is 50.7 Å². The monoisotopic (exact) mass is 685 g/mol. The fraction of sp³-hybridized carbons (Fsp3) is 0.312. The highest BCUT2D eigenvalue weighted by Gasteiger charge is 2.27. The number of benzene rings is 2. The van der Waals surface area contributed by atoms with Crippen LogP contribution >= 0.6 is 0 Å². The van der Waals surface area contributed by atoms with E-state index in [-0.39, 0.29) is 23.7 Å². The van der Waals surface area contributed by atoms with Gasteiger partial charge in [0.05, 0.1) is 22.8 Å². The Morgan fingerprint density at radius 2 is 1.79 bits per heavy atom. The Morgan fingerprint density at radius 3 is 2.50 bits per heavy atom. The number of sulfonamides is 1. The van der Waals surface area contributed by atoms with Gasteiger partial charge in [-0.1, -0.05) is 31.0 Å². The van der Waals surface area contributed by atoms with Crippen molar-refractivity contribution >= 4 is 38.4 Å². The topological polar surface area (TPSA) is 167 Å². The average Bonchev–Trinajstić information content (AvgIpc) is 3.65. The van der Waals surface area contributed by atoms with Crippen LogP contribution in [0.3, 0.4) is 0 Å². The quantitative estimate of drug-likeness (QED) is 0.106. The Labute approximate surface area is 274 Å². The van der Waals surface area contributed by atoms with Gasteiger partial charge in [0, 0.05) is 49.1 Å². The number of nitrogen functional groups attached to an aromatic ring is 1. The second kappa shape index (κ2) is 14.3. The van der Waals surface area contributed by atoms with E-state index in [2.05, 4.69) is 10.1 Å². The summed E-state index contributed by atoms with van der Waals surface area (Å²) in [7, 11) is -3.30. The molecule has 0 fully saturated rings. The number of carboxylic acids is 1. The van der Waals surface area contributed by atoms with Crippen molar-refractivity contribution in [3.63, 3.8) is 0 Å². The predicted molar refractivity (Wildman–Crippen MR) is 174 cm³/mol. The summed E-state index contributed by atoms with van der Waals surface area (Å²) in [6.07, 6.45) is 7.79. The summed E-state index contributed by atoms with van der Waals surface area (Å²) in [4.78, 5) is 15.1. The van der Waals surface area contributed by atoms with Crippen LogP contribution < -0.4 is 15.2 Å². The van der Waals surface area contributed by atoms with Crippen LogP contribution in [0.4, 0.5) is 24.7 Å². The number of halogens is 3. The molecule has 0 bridgehead atoms. The molecule has 2 aromatic carbocycles. The van der Waals surface area contributed by atoms with E-state index in [1.54, 1.807) is 35.7 Å². The Morgan fingerprint density at radius 1 is 1.06 bits per heavy atom. The van der Waals surface area contributed by atoms with E-state index >= 15 is 0 Å². The van der Waals surface area contributed by atoms with Gasteiger partial charge in [-0.2, -0.15) is 19.0 Å². The molecule has 4 N–H and O–H groups in total. The molecule has 0 aliphatic carbocycles. The lowest BCUT2D eigenvalue weighted by Gasteiger charge is -2.19. The highest BCUT2D eigenvalue weighted by molar-refractivity contribution is 7.93. The van der Waals surface area contributed by atoms with Gasteiger partial charge >= 0.3 is 11.7 Å². The maximum Gasteiger partial charge on any atom is 0.355 e. The van der Waals surface area contributed by atoms with Crippen LogP contribution in [0.25, 0.3) is 33.3 Å². The van der Waals surface area contributed by atoms with Crippen molar-refractivity contribution in [3.8, 4) is 28.1 Å². The van der Waals surface area contributed by atoms with Crippen LogP contribution in [0.15, 0.2) is 61.1 Å². The number of unbranched alkanes of at least 4 members (excludes halogenated alkanes) is 3. The van der Waals surface area contributed by atoms with Crippen molar-refractivity contribution < 1.29 is 36.2 Å². The van der Waals surface area contributed by atoms with Crippen molar-refractivity contribution in [2.45, 2.75) is 57.4 Å². The maximum atomic E-state index is 13.5. The number of nitrogens with one attached hydrogen (secondary N) is 1. The van der Waals surface area contributed by atoms with Gasteiger partial charge in [0.25, 0.3) is 10.0 Å². The minimum Gasteiger partial charge on any atom is -0.484 e. The van der Waals surface area contributed by atoms with Crippen molar-refractivity contribution in [1.29, 1.82) is 0 Å². The van der Waals surface area contributed by atoms with Crippen LogP contribution in [0, 0.1) is 5.82 Å². The number of ether oxygens (including phenoxy) is 1. The zero-order valence-electron chi connectivity index (χ0n) is 26.1.